The van der Waals surface area contributed by atoms with Crippen molar-refractivity contribution in [3.63, 3.8) is 0 Å². The molecule has 0 aliphatic carbocycles. The van der Waals surface area contributed by atoms with E-state index in [2.05, 4.69) is 23.3 Å². The van der Waals surface area contributed by atoms with Crippen molar-refractivity contribution in [2.45, 2.75) is 43.4 Å². The summed E-state index contributed by atoms with van der Waals surface area (Å²) in [6.45, 7) is -0.375. The number of amides is 3. The summed E-state index contributed by atoms with van der Waals surface area (Å²) >= 11 is 5.60. The summed E-state index contributed by atoms with van der Waals surface area (Å²) in [7, 11) is 0. The zero-order valence-electron chi connectivity index (χ0n) is 15.7. The quantitative estimate of drug-likeness (QED) is 0.203. The maximum absolute atomic E-state index is 12.6. The highest BCUT2D eigenvalue weighted by Crippen LogP contribution is 2.19. The highest BCUT2D eigenvalue weighted by molar-refractivity contribution is 7.98. The van der Waals surface area contributed by atoms with Gasteiger partial charge in [-0.25, -0.2) is 4.79 Å². The number of carboxylic acids is 1. The van der Waals surface area contributed by atoms with Gasteiger partial charge in [-0.15, -0.1) is 0 Å². The molecule has 10 nitrogen and oxygen atoms in total. The van der Waals surface area contributed by atoms with Crippen LogP contribution >= 0.6 is 24.4 Å². The molecule has 0 spiro atoms. The number of hydrogen-bond donors (Lipinski definition) is 6. The van der Waals surface area contributed by atoms with E-state index in [9.17, 15) is 19.2 Å². The fourth-order valence-electron chi connectivity index (χ4n) is 2.80. The maximum Gasteiger partial charge on any atom is 0.328 e. The van der Waals surface area contributed by atoms with Crippen LogP contribution in [0.15, 0.2) is 0 Å². The summed E-state index contributed by atoms with van der Waals surface area (Å²) in [4.78, 5) is 49.7. The molecular weight excluding hydrogens is 408 g/mol. The second-order valence-corrected chi connectivity index (χ2v) is 7.75. The molecule has 1 rings (SSSR count). The van der Waals surface area contributed by atoms with Gasteiger partial charge in [0.05, 0.1) is 12.6 Å². The van der Waals surface area contributed by atoms with Crippen molar-refractivity contribution in [1.29, 1.82) is 0 Å². The van der Waals surface area contributed by atoms with Crippen LogP contribution in [0.5, 0.6) is 0 Å². The van der Waals surface area contributed by atoms with Crippen LogP contribution in [-0.4, -0.2) is 93.9 Å². The predicted molar refractivity (Wildman–Crippen MR) is 108 cm³/mol. The lowest BCUT2D eigenvalue weighted by molar-refractivity contribution is -0.143. The Bertz CT molecular complexity index is 579. The number of rotatable bonds is 11. The van der Waals surface area contributed by atoms with Crippen LogP contribution in [0.1, 0.15) is 19.3 Å². The first-order chi connectivity index (χ1) is 13.3. The van der Waals surface area contributed by atoms with Gasteiger partial charge in [0.25, 0.3) is 0 Å². The molecule has 4 unspecified atom stereocenters. The normalized spacial score (nSPS) is 19.6. The monoisotopic (exact) mass is 436 g/mol. The Balaban J connectivity index is 2.73. The number of carbonyl (C=O) groups is 4. The van der Waals surface area contributed by atoms with Crippen LogP contribution in [0.2, 0.25) is 0 Å². The summed E-state index contributed by atoms with van der Waals surface area (Å²) < 4.78 is 0. The first-order valence-electron chi connectivity index (χ1n) is 8.87. The van der Waals surface area contributed by atoms with Gasteiger partial charge in [-0.05, 0) is 31.3 Å². The topological polar surface area (TPSA) is 162 Å². The van der Waals surface area contributed by atoms with Crippen LogP contribution in [0.3, 0.4) is 0 Å². The van der Waals surface area contributed by atoms with Gasteiger partial charge in [-0.2, -0.15) is 24.4 Å². The fourth-order valence-corrected chi connectivity index (χ4v) is 3.55. The standard InChI is InChI=1S/C16H28N4O6S2/c1-28-6-4-9(17)15(24)20-5-2-3-12(20)14(23)19-11(8-27)13(22)18-10(7-21)16(25)26/h9-12,21,27H,2-8,17H2,1H3,(H,18,22)(H,19,23)(H,25,26). The average Bonchev–Trinajstić information content (AvgIpc) is 3.16. The Morgan fingerprint density at radius 1 is 1.29 bits per heavy atom. The van der Waals surface area contributed by atoms with Gasteiger partial charge < -0.3 is 31.5 Å². The number of hydrogen-bond acceptors (Lipinski definition) is 8. The number of carboxylic acid groups (broad SMARTS) is 1. The molecule has 0 saturated carbocycles. The van der Waals surface area contributed by atoms with Gasteiger partial charge in [-0.3, -0.25) is 14.4 Å². The summed E-state index contributed by atoms with van der Waals surface area (Å²) in [6, 6.07) is -4.01. The number of carbonyl (C=O) groups excluding carboxylic acids is 3. The smallest absolute Gasteiger partial charge is 0.328 e. The third-order valence-electron chi connectivity index (χ3n) is 4.40. The van der Waals surface area contributed by atoms with E-state index >= 15 is 0 Å². The minimum absolute atomic E-state index is 0.0801. The molecule has 4 atom stereocenters. The van der Waals surface area contributed by atoms with E-state index in [1.807, 2.05) is 6.26 Å². The van der Waals surface area contributed by atoms with Crippen LogP contribution in [0.4, 0.5) is 0 Å². The van der Waals surface area contributed by atoms with Gasteiger partial charge in [-0.1, -0.05) is 0 Å². The molecule has 160 valence electrons. The molecule has 0 aromatic heterocycles. The minimum Gasteiger partial charge on any atom is -0.480 e. The second-order valence-electron chi connectivity index (χ2n) is 6.40. The lowest BCUT2D eigenvalue weighted by atomic mass is 10.1. The van der Waals surface area contributed by atoms with Crippen LogP contribution in [0.25, 0.3) is 0 Å². The Labute approximate surface area is 173 Å². The van der Waals surface area contributed by atoms with Crippen molar-refractivity contribution < 1.29 is 29.4 Å². The number of nitrogens with one attached hydrogen (secondary N) is 2. The molecule has 0 bridgehead atoms. The Kier molecular flexibility index (Phi) is 10.6. The van der Waals surface area contributed by atoms with Gasteiger partial charge in [0.2, 0.25) is 17.7 Å². The number of aliphatic hydroxyl groups is 1. The van der Waals surface area contributed by atoms with Gasteiger partial charge >= 0.3 is 5.97 Å². The van der Waals surface area contributed by atoms with E-state index in [1.54, 1.807) is 11.8 Å². The number of nitrogens with zero attached hydrogens (tertiary/aromatic N) is 1. The largest absolute Gasteiger partial charge is 0.480 e. The molecule has 1 heterocycles. The van der Waals surface area contributed by atoms with E-state index in [0.717, 1.165) is 5.75 Å². The zero-order chi connectivity index (χ0) is 21.3. The number of nitrogens with two attached hydrogens (primary N) is 1. The fraction of sp³-hybridized carbons (Fsp3) is 0.750. The molecule has 3 amide bonds. The molecule has 28 heavy (non-hydrogen) atoms. The van der Waals surface area contributed by atoms with E-state index in [0.29, 0.717) is 25.8 Å². The SMILES string of the molecule is CSCCC(N)C(=O)N1CCCC1C(=O)NC(CS)C(=O)NC(CO)C(=O)O. The summed E-state index contributed by atoms with van der Waals surface area (Å²) in [5.74, 6) is -2.35. The van der Waals surface area contributed by atoms with E-state index < -0.39 is 48.6 Å². The molecule has 1 fully saturated rings. The van der Waals surface area contributed by atoms with Crippen molar-refractivity contribution in [2.24, 2.45) is 5.73 Å². The number of aliphatic hydroxyl groups excluding tert-OH is 1. The molecule has 0 radical (unpaired) electrons. The van der Waals surface area contributed by atoms with E-state index in [4.69, 9.17) is 15.9 Å². The Morgan fingerprint density at radius 3 is 2.50 bits per heavy atom. The van der Waals surface area contributed by atoms with Crippen molar-refractivity contribution in [3.8, 4) is 0 Å². The summed E-state index contributed by atoms with van der Waals surface area (Å²) in [6.07, 6.45) is 3.51. The lowest BCUT2D eigenvalue weighted by Gasteiger charge is -2.28. The van der Waals surface area contributed by atoms with E-state index in [-0.39, 0.29) is 11.7 Å². The minimum atomic E-state index is -1.48. The third-order valence-corrected chi connectivity index (χ3v) is 5.41. The van der Waals surface area contributed by atoms with Crippen LogP contribution in [-0.2, 0) is 19.2 Å². The maximum atomic E-state index is 12.6. The van der Waals surface area contributed by atoms with Crippen molar-refractivity contribution in [3.05, 3.63) is 0 Å². The van der Waals surface area contributed by atoms with E-state index in [1.165, 1.54) is 4.90 Å². The first kappa shape index (κ1) is 24.5. The zero-order valence-corrected chi connectivity index (χ0v) is 17.4. The number of likely N-dealkylation sites (tertiary alicyclic amines) is 1. The van der Waals surface area contributed by atoms with Gasteiger partial charge in [0.15, 0.2) is 0 Å². The molecule has 6 N–H and O–H groups in total. The number of thioether (sulfide) groups is 1. The average molecular weight is 437 g/mol. The molecule has 0 aromatic carbocycles. The summed E-state index contributed by atoms with van der Waals surface area (Å²) in [5, 5.41) is 22.5. The Morgan fingerprint density at radius 2 is 1.96 bits per heavy atom. The first-order valence-corrected chi connectivity index (χ1v) is 10.9. The van der Waals surface area contributed by atoms with Gasteiger partial charge in [0, 0.05) is 12.3 Å². The van der Waals surface area contributed by atoms with Crippen molar-refractivity contribution in [2.75, 3.05) is 30.9 Å². The second kappa shape index (κ2) is 12.1. The molecule has 0 aromatic rings. The van der Waals surface area contributed by atoms with Crippen LogP contribution in [0, 0.1) is 0 Å². The third kappa shape index (κ3) is 6.83. The number of aliphatic carboxylic acids is 1. The highest BCUT2D eigenvalue weighted by atomic mass is 32.2. The highest BCUT2D eigenvalue weighted by Gasteiger charge is 2.37. The molecule has 12 heteroatoms. The molecule has 1 aliphatic heterocycles. The number of thiol groups is 1. The summed E-state index contributed by atoms with van der Waals surface area (Å²) in [5.41, 5.74) is 5.93. The van der Waals surface area contributed by atoms with Crippen molar-refractivity contribution >= 4 is 48.1 Å². The lowest BCUT2D eigenvalue weighted by Crippen LogP contribution is -2.57. The molecular formula is C16H28N4O6S2. The Hall–Kier alpha value is -1.50. The van der Waals surface area contributed by atoms with Crippen LogP contribution < -0.4 is 16.4 Å². The predicted octanol–water partition coefficient (Wildman–Crippen LogP) is -1.97. The van der Waals surface area contributed by atoms with Gasteiger partial charge in [0.1, 0.15) is 18.1 Å². The molecule has 1 aliphatic rings. The molecule has 1 saturated heterocycles. The van der Waals surface area contributed by atoms with Crippen molar-refractivity contribution in [1.82, 2.24) is 15.5 Å².